The molecule has 0 aromatic heterocycles. The minimum Gasteiger partial charge on any atom is -0.437 e. The van der Waals surface area contributed by atoms with E-state index in [-0.39, 0.29) is 0 Å². The van der Waals surface area contributed by atoms with Crippen molar-refractivity contribution in [2.24, 2.45) is 9.98 Å². The molecule has 0 bridgehead atoms. The van der Waals surface area contributed by atoms with E-state index in [9.17, 15) is 0 Å². The van der Waals surface area contributed by atoms with Crippen LogP contribution in [0.5, 0.6) is 0 Å². The number of nitrogens with one attached hydrogen (secondary N) is 4. The maximum absolute atomic E-state index is 6.79. The van der Waals surface area contributed by atoms with Crippen LogP contribution in [0.2, 0.25) is 51.4 Å². The average Bonchev–Trinajstić information content (AvgIpc) is 2.64. The molecule has 8 nitrogen and oxygen atoms in total. The fraction of sp³-hybridized carbons (Fsp3) is 0.923. The lowest BCUT2D eigenvalue weighted by atomic mass is 10.4. The molecule has 0 aliphatic heterocycles. The first-order valence-electron chi connectivity index (χ1n) is 14.4. The smallest absolute Gasteiger partial charge is 0.311 e. The van der Waals surface area contributed by atoms with Gasteiger partial charge in [0.2, 0.25) is 0 Å². The van der Waals surface area contributed by atoms with Crippen LogP contribution in [0.15, 0.2) is 9.98 Å². The quantitative estimate of drug-likeness (QED) is 0.0828. The van der Waals surface area contributed by atoms with Gasteiger partial charge in [0, 0.05) is 37.3 Å². The van der Waals surface area contributed by atoms with Gasteiger partial charge >= 0.3 is 8.56 Å². The molecule has 0 heterocycles. The van der Waals surface area contributed by atoms with E-state index in [2.05, 4.69) is 116 Å². The van der Waals surface area contributed by atoms with Gasteiger partial charge in [0.1, 0.15) is 0 Å². The van der Waals surface area contributed by atoms with Crippen LogP contribution in [0.1, 0.15) is 68.2 Å². The maximum atomic E-state index is 6.79. The SMILES string of the molecule is CC(C)NC(=NCCC[Si](C)(C)O[Si](C)(C)O[Si](C)(C)CCCN=C(NC(C)C)NC(C)C)NC(C)C. The number of hydrogen-bond donors (Lipinski definition) is 4. The van der Waals surface area contributed by atoms with Crippen LogP contribution in [0.25, 0.3) is 0 Å². The zero-order chi connectivity index (χ0) is 28.9. The highest BCUT2D eigenvalue weighted by molar-refractivity contribution is 6.87. The van der Waals surface area contributed by atoms with Gasteiger partial charge in [-0.2, -0.15) is 0 Å². The molecule has 220 valence electrons. The van der Waals surface area contributed by atoms with Crippen LogP contribution in [0, 0.1) is 0 Å². The average molecular weight is 575 g/mol. The lowest BCUT2D eigenvalue weighted by Crippen LogP contribution is -2.52. The molecule has 0 amide bonds. The van der Waals surface area contributed by atoms with Gasteiger partial charge in [0.15, 0.2) is 28.6 Å². The van der Waals surface area contributed by atoms with E-state index < -0.39 is 25.2 Å². The number of nitrogens with zero attached hydrogens (tertiary/aromatic N) is 2. The summed E-state index contributed by atoms with van der Waals surface area (Å²) in [6.45, 7) is 32.4. The normalized spacial score (nSPS) is 12.8. The highest BCUT2D eigenvalue weighted by Gasteiger charge is 2.39. The van der Waals surface area contributed by atoms with Gasteiger partial charge in [0.05, 0.1) is 0 Å². The molecule has 37 heavy (non-hydrogen) atoms. The third-order valence-corrected chi connectivity index (χ3v) is 16.6. The van der Waals surface area contributed by atoms with Gasteiger partial charge in [-0.15, -0.1) is 0 Å². The van der Waals surface area contributed by atoms with E-state index >= 15 is 0 Å². The van der Waals surface area contributed by atoms with E-state index in [1.54, 1.807) is 0 Å². The van der Waals surface area contributed by atoms with E-state index in [1.165, 1.54) is 0 Å². The first kappa shape index (κ1) is 36.1. The Bertz CT molecular complexity index is 616. The summed E-state index contributed by atoms with van der Waals surface area (Å²) in [5.74, 6) is 1.79. The lowest BCUT2D eigenvalue weighted by Gasteiger charge is -2.38. The van der Waals surface area contributed by atoms with Crippen molar-refractivity contribution in [3.05, 3.63) is 0 Å². The van der Waals surface area contributed by atoms with Crippen molar-refractivity contribution in [1.29, 1.82) is 0 Å². The second-order valence-electron chi connectivity index (χ2n) is 13.0. The summed E-state index contributed by atoms with van der Waals surface area (Å²) < 4.78 is 13.6. The van der Waals surface area contributed by atoms with Crippen molar-refractivity contribution in [3.63, 3.8) is 0 Å². The van der Waals surface area contributed by atoms with Crippen molar-refractivity contribution in [1.82, 2.24) is 21.3 Å². The number of aliphatic imine (C=N–C) groups is 2. The number of guanidine groups is 2. The standard InChI is InChI=1S/C26H62N6O2Si3/c1-21(2)29-25(30-22(3)4)27-17-15-19-35(9,10)33-37(13,14)34-36(11,12)20-16-18-28-26(31-23(5)6)32-24(7)8/h21-24H,15-20H2,1-14H3,(H2,27,29,30)(H2,28,31,32). The summed E-state index contributed by atoms with van der Waals surface area (Å²) >= 11 is 0. The second-order valence-corrected chi connectivity index (χ2v) is 25.5. The van der Waals surface area contributed by atoms with Gasteiger partial charge < -0.3 is 29.5 Å². The van der Waals surface area contributed by atoms with E-state index in [0.29, 0.717) is 24.2 Å². The third-order valence-electron chi connectivity index (χ3n) is 5.16. The zero-order valence-corrected chi connectivity index (χ0v) is 29.8. The minimum atomic E-state index is -2.22. The topological polar surface area (TPSA) is 91.3 Å². The largest absolute Gasteiger partial charge is 0.437 e. The van der Waals surface area contributed by atoms with Gasteiger partial charge in [0.25, 0.3) is 0 Å². The summed E-state index contributed by atoms with van der Waals surface area (Å²) in [6.07, 6.45) is 2.06. The fourth-order valence-corrected chi connectivity index (χ4v) is 18.2. The Morgan fingerprint density at radius 2 is 0.811 bits per heavy atom. The van der Waals surface area contributed by atoms with Crippen LogP contribution in [-0.4, -0.2) is 74.4 Å². The summed E-state index contributed by atoms with van der Waals surface area (Å²) in [5.41, 5.74) is 0. The van der Waals surface area contributed by atoms with Crippen molar-refractivity contribution < 1.29 is 8.23 Å². The molecule has 11 heteroatoms. The first-order valence-corrected chi connectivity index (χ1v) is 23.4. The maximum Gasteiger partial charge on any atom is 0.311 e. The predicted octanol–water partition coefficient (Wildman–Crippen LogP) is 5.62. The van der Waals surface area contributed by atoms with Crippen molar-refractivity contribution in [2.45, 2.75) is 144 Å². The Balaban J connectivity index is 4.79. The summed E-state index contributed by atoms with van der Waals surface area (Å²) in [5, 5.41) is 13.6. The molecule has 0 atom stereocenters. The molecule has 0 saturated heterocycles. The molecule has 0 fully saturated rings. The molecule has 0 unspecified atom stereocenters. The summed E-state index contributed by atoms with van der Waals surface area (Å²) in [4.78, 5) is 9.55. The third kappa shape index (κ3) is 20.7. The Hall–Kier alpha value is -0.889. The number of rotatable bonds is 16. The number of hydrogen-bond acceptors (Lipinski definition) is 4. The summed E-state index contributed by atoms with van der Waals surface area (Å²) in [6, 6.07) is 3.60. The molecule has 0 rings (SSSR count). The molecular formula is C26H62N6O2Si3. The Morgan fingerprint density at radius 1 is 0.541 bits per heavy atom. The molecule has 0 aromatic carbocycles. The highest BCUT2D eigenvalue weighted by atomic mass is 28.5. The van der Waals surface area contributed by atoms with E-state index in [4.69, 9.17) is 18.2 Å². The van der Waals surface area contributed by atoms with Crippen LogP contribution in [0.4, 0.5) is 0 Å². The Morgan fingerprint density at radius 3 is 1.05 bits per heavy atom. The molecular weight excluding hydrogens is 513 g/mol. The van der Waals surface area contributed by atoms with Gasteiger partial charge in [-0.05, 0) is 120 Å². The van der Waals surface area contributed by atoms with Gasteiger partial charge in [-0.1, -0.05) is 0 Å². The monoisotopic (exact) mass is 574 g/mol. The minimum absolute atomic E-state index is 0.359. The molecule has 0 saturated carbocycles. The van der Waals surface area contributed by atoms with Crippen LogP contribution in [0.3, 0.4) is 0 Å². The van der Waals surface area contributed by atoms with E-state index in [0.717, 1.165) is 49.9 Å². The first-order chi connectivity index (χ1) is 16.8. The van der Waals surface area contributed by atoms with E-state index in [1.807, 2.05) is 0 Å². The molecule has 0 aliphatic carbocycles. The van der Waals surface area contributed by atoms with Gasteiger partial charge in [-0.25, -0.2) is 0 Å². The van der Waals surface area contributed by atoms with Gasteiger partial charge in [-0.3, -0.25) is 9.98 Å². The van der Waals surface area contributed by atoms with Crippen molar-refractivity contribution in [2.75, 3.05) is 13.1 Å². The Labute approximate surface area is 233 Å². The molecule has 0 aliphatic rings. The second kappa shape index (κ2) is 16.9. The Kier molecular flexibility index (Phi) is 16.5. The molecule has 4 N–H and O–H groups in total. The molecule has 0 aromatic rings. The van der Waals surface area contributed by atoms with Crippen LogP contribution in [-0.2, 0) is 8.23 Å². The molecule has 0 spiro atoms. The van der Waals surface area contributed by atoms with Crippen molar-refractivity contribution in [3.8, 4) is 0 Å². The zero-order valence-electron chi connectivity index (χ0n) is 26.8. The lowest BCUT2D eigenvalue weighted by molar-refractivity contribution is 0.387. The van der Waals surface area contributed by atoms with Crippen LogP contribution >= 0.6 is 0 Å². The highest BCUT2D eigenvalue weighted by Crippen LogP contribution is 2.26. The summed E-state index contributed by atoms with van der Waals surface area (Å²) in [7, 11) is -5.92. The fourth-order valence-electron chi connectivity index (χ4n) is 4.20. The van der Waals surface area contributed by atoms with Crippen molar-refractivity contribution >= 4 is 37.1 Å². The predicted molar refractivity (Wildman–Crippen MR) is 171 cm³/mol. The van der Waals surface area contributed by atoms with Crippen LogP contribution < -0.4 is 21.3 Å². The molecule has 0 radical (unpaired) electrons.